The van der Waals surface area contributed by atoms with Crippen LogP contribution < -0.4 is 10.0 Å². The van der Waals surface area contributed by atoms with Crippen LogP contribution in [0.1, 0.15) is 11.1 Å². The smallest absolute Gasteiger partial charge is 0.126 e. The van der Waals surface area contributed by atoms with Gasteiger partial charge in [-0.15, -0.1) is 0 Å². The monoisotopic (exact) mass is 306 g/mol. The average Bonchev–Trinajstić information content (AvgIpc) is 2.43. The molecule has 0 aromatic heterocycles. The van der Waals surface area contributed by atoms with Gasteiger partial charge in [0, 0.05) is 18.0 Å². The van der Waals surface area contributed by atoms with Crippen LogP contribution in [-0.2, 0) is 5.54 Å². The van der Waals surface area contributed by atoms with Crippen LogP contribution in [0, 0.1) is 18.6 Å². The van der Waals surface area contributed by atoms with Crippen molar-refractivity contribution < 1.29 is 8.78 Å². The third kappa shape index (κ3) is 2.95. The Morgan fingerprint density at radius 2 is 1.81 bits per heavy atom. The minimum absolute atomic E-state index is 0.188. The van der Waals surface area contributed by atoms with Crippen LogP contribution >= 0.6 is 11.9 Å². The second-order valence-electron chi connectivity index (χ2n) is 5.31. The number of nitrogens with one attached hydrogen (secondary N) is 2. The van der Waals surface area contributed by atoms with E-state index in [0.29, 0.717) is 5.56 Å². The molecule has 2 aromatic rings. The molecule has 1 heterocycles. The lowest BCUT2D eigenvalue weighted by molar-refractivity contribution is 0.263. The van der Waals surface area contributed by atoms with Gasteiger partial charge in [-0.1, -0.05) is 12.1 Å². The van der Waals surface area contributed by atoms with Crippen LogP contribution in [-0.4, -0.2) is 13.1 Å². The van der Waals surface area contributed by atoms with Gasteiger partial charge in [-0.2, -0.15) is 0 Å². The van der Waals surface area contributed by atoms with E-state index in [2.05, 4.69) is 10.0 Å². The van der Waals surface area contributed by atoms with Gasteiger partial charge >= 0.3 is 0 Å². The fraction of sp³-hybridized carbons (Fsp3) is 0.250. The molecule has 1 fully saturated rings. The molecule has 21 heavy (non-hydrogen) atoms. The zero-order valence-electron chi connectivity index (χ0n) is 11.6. The molecule has 2 nitrogen and oxygen atoms in total. The Hall–Kier alpha value is -1.43. The van der Waals surface area contributed by atoms with Crippen LogP contribution in [0.4, 0.5) is 8.78 Å². The fourth-order valence-corrected chi connectivity index (χ4v) is 3.11. The van der Waals surface area contributed by atoms with Crippen molar-refractivity contribution in [3.05, 3.63) is 65.2 Å². The molecule has 0 radical (unpaired) electrons. The van der Waals surface area contributed by atoms with E-state index >= 15 is 0 Å². The molecule has 1 saturated heterocycles. The Morgan fingerprint density at radius 3 is 2.38 bits per heavy atom. The zero-order chi connectivity index (χ0) is 14.9. The molecule has 2 aromatic carbocycles. The van der Waals surface area contributed by atoms with Crippen molar-refractivity contribution in [3.8, 4) is 0 Å². The highest BCUT2D eigenvalue weighted by atomic mass is 32.2. The number of hydrogen-bond acceptors (Lipinski definition) is 3. The standard InChI is InChI=1S/C16H16F2N2S/c1-11-2-3-12(8-15(11)18)16(9-19-10-16)20-21-14-6-4-13(17)5-7-14/h2-8,19-20H,9-10H2,1H3. The predicted molar refractivity (Wildman–Crippen MR) is 81.1 cm³/mol. The van der Waals surface area contributed by atoms with Gasteiger partial charge in [0.15, 0.2) is 0 Å². The van der Waals surface area contributed by atoms with E-state index in [1.54, 1.807) is 31.2 Å². The summed E-state index contributed by atoms with van der Waals surface area (Å²) < 4.78 is 30.1. The third-order valence-electron chi connectivity index (χ3n) is 3.76. The summed E-state index contributed by atoms with van der Waals surface area (Å²) >= 11 is 1.44. The summed E-state index contributed by atoms with van der Waals surface area (Å²) in [5.41, 5.74) is 1.29. The van der Waals surface area contributed by atoms with Crippen LogP contribution in [0.3, 0.4) is 0 Å². The lowest BCUT2D eigenvalue weighted by Gasteiger charge is -2.43. The zero-order valence-corrected chi connectivity index (χ0v) is 12.4. The molecule has 1 aliphatic heterocycles. The molecule has 0 atom stereocenters. The minimum Gasteiger partial charge on any atom is -0.312 e. The predicted octanol–water partition coefficient (Wildman–Crippen LogP) is 3.37. The first-order valence-electron chi connectivity index (χ1n) is 6.76. The molecule has 0 spiro atoms. The van der Waals surface area contributed by atoms with Gasteiger partial charge < -0.3 is 5.32 Å². The molecule has 2 N–H and O–H groups in total. The van der Waals surface area contributed by atoms with Crippen molar-refractivity contribution in [1.29, 1.82) is 0 Å². The lowest BCUT2D eigenvalue weighted by atomic mass is 9.85. The van der Waals surface area contributed by atoms with Crippen LogP contribution in [0.25, 0.3) is 0 Å². The number of rotatable bonds is 4. The Bertz CT molecular complexity index is 639. The lowest BCUT2D eigenvalue weighted by Crippen LogP contribution is -2.63. The first-order valence-corrected chi connectivity index (χ1v) is 7.58. The van der Waals surface area contributed by atoms with Crippen molar-refractivity contribution >= 4 is 11.9 Å². The molecule has 0 amide bonds. The summed E-state index contributed by atoms with van der Waals surface area (Å²) in [6.07, 6.45) is 0. The molecule has 0 unspecified atom stereocenters. The van der Waals surface area contributed by atoms with Crippen molar-refractivity contribution in [3.63, 3.8) is 0 Å². The van der Waals surface area contributed by atoms with Crippen LogP contribution in [0.2, 0.25) is 0 Å². The number of aryl methyl sites for hydroxylation is 1. The number of benzene rings is 2. The SMILES string of the molecule is Cc1ccc(C2(NSc3ccc(F)cc3)CNC2)cc1F. The van der Waals surface area contributed by atoms with Crippen molar-refractivity contribution in [1.82, 2.24) is 10.0 Å². The van der Waals surface area contributed by atoms with Gasteiger partial charge in [0.1, 0.15) is 11.6 Å². The topological polar surface area (TPSA) is 24.1 Å². The number of halogens is 2. The summed E-state index contributed by atoms with van der Waals surface area (Å²) in [5, 5.41) is 3.22. The Morgan fingerprint density at radius 1 is 1.10 bits per heavy atom. The maximum absolute atomic E-state index is 13.8. The molecular formula is C16H16F2N2S. The fourth-order valence-electron chi connectivity index (χ4n) is 2.26. The van der Waals surface area contributed by atoms with Gasteiger partial charge in [0.25, 0.3) is 0 Å². The van der Waals surface area contributed by atoms with Crippen LogP contribution in [0.5, 0.6) is 0 Å². The van der Waals surface area contributed by atoms with E-state index in [9.17, 15) is 8.78 Å². The highest BCUT2D eigenvalue weighted by Gasteiger charge is 2.39. The molecule has 3 rings (SSSR count). The van der Waals surface area contributed by atoms with E-state index < -0.39 is 0 Å². The van der Waals surface area contributed by atoms with Crippen LogP contribution in [0.15, 0.2) is 47.4 Å². The first-order chi connectivity index (χ1) is 10.1. The maximum Gasteiger partial charge on any atom is 0.126 e. The van der Waals surface area contributed by atoms with Gasteiger partial charge in [0.2, 0.25) is 0 Å². The van der Waals surface area contributed by atoms with Crippen molar-refractivity contribution in [2.75, 3.05) is 13.1 Å². The Kier molecular flexibility index (Phi) is 3.97. The highest BCUT2D eigenvalue weighted by molar-refractivity contribution is 7.97. The van der Waals surface area contributed by atoms with Gasteiger partial charge in [-0.25, -0.2) is 13.5 Å². The van der Waals surface area contributed by atoms with E-state index in [1.165, 1.54) is 24.1 Å². The van der Waals surface area contributed by atoms with Crippen molar-refractivity contribution in [2.45, 2.75) is 17.4 Å². The van der Waals surface area contributed by atoms with E-state index in [-0.39, 0.29) is 17.2 Å². The van der Waals surface area contributed by atoms with Gasteiger partial charge in [0.05, 0.1) is 5.54 Å². The normalized spacial score (nSPS) is 16.5. The Labute approximate surface area is 127 Å². The summed E-state index contributed by atoms with van der Waals surface area (Å²) in [6.45, 7) is 3.24. The molecule has 0 saturated carbocycles. The Balaban J connectivity index is 1.77. The van der Waals surface area contributed by atoms with E-state index in [1.807, 2.05) is 6.07 Å². The van der Waals surface area contributed by atoms with E-state index in [4.69, 9.17) is 0 Å². The second-order valence-corrected chi connectivity index (χ2v) is 6.19. The van der Waals surface area contributed by atoms with E-state index in [0.717, 1.165) is 23.5 Å². The van der Waals surface area contributed by atoms with Gasteiger partial charge in [-0.05, 0) is 60.3 Å². The number of hydrogen-bond donors (Lipinski definition) is 2. The summed E-state index contributed by atoms with van der Waals surface area (Å²) in [5.74, 6) is -0.438. The minimum atomic E-state index is -0.284. The van der Waals surface area contributed by atoms with Gasteiger partial charge in [-0.3, -0.25) is 0 Å². The first kappa shape index (κ1) is 14.5. The average molecular weight is 306 g/mol. The summed E-state index contributed by atoms with van der Waals surface area (Å²) in [7, 11) is 0. The molecule has 0 aliphatic carbocycles. The molecule has 110 valence electrons. The molecule has 0 bridgehead atoms. The largest absolute Gasteiger partial charge is 0.312 e. The summed E-state index contributed by atoms with van der Waals surface area (Å²) in [6, 6.07) is 11.7. The maximum atomic E-state index is 13.8. The second kappa shape index (κ2) is 5.75. The molecule has 1 aliphatic rings. The summed E-state index contributed by atoms with van der Waals surface area (Å²) in [4.78, 5) is 0.926. The molecule has 5 heteroatoms. The molecular weight excluding hydrogens is 290 g/mol. The van der Waals surface area contributed by atoms with Crippen molar-refractivity contribution in [2.24, 2.45) is 0 Å². The highest BCUT2D eigenvalue weighted by Crippen LogP contribution is 2.31. The third-order valence-corrected chi connectivity index (χ3v) is 4.76. The quantitative estimate of drug-likeness (QED) is 0.847.